The van der Waals surface area contributed by atoms with Gasteiger partial charge in [-0.1, -0.05) is 0 Å². The fourth-order valence-corrected chi connectivity index (χ4v) is 2.70. The van der Waals surface area contributed by atoms with Crippen molar-refractivity contribution in [1.29, 1.82) is 0 Å². The van der Waals surface area contributed by atoms with Crippen LogP contribution in [-0.2, 0) is 24.1 Å². The zero-order valence-corrected chi connectivity index (χ0v) is 12.4. The normalized spacial score (nSPS) is 11.5. The first-order valence-corrected chi connectivity index (χ1v) is 7.23. The van der Waals surface area contributed by atoms with E-state index in [1.165, 1.54) is 11.3 Å². The summed E-state index contributed by atoms with van der Waals surface area (Å²) in [6, 6.07) is 3.70. The molecule has 22 heavy (non-hydrogen) atoms. The van der Waals surface area contributed by atoms with Crippen LogP contribution in [0.25, 0.3) is 0 Å². The molecule has 0 aliphatic carbocycles. The standard InChI is InChI=1S/C14H13F3N2O2S/c1-9-4-6-22-11(9)7-18-12(20)8-19-5-2-3-10(13(19)21)14(15,16)17/h2-6H,7-8H2,1H3,(H,18,20). The van der Waals surface area contributed by atoms with Gasteiger partial charge in [-0.05, 0) is 36.1 Å². The minimum absolute atomic E-state index is 0.288. The second-order valence-electron chi connectivity index (χ2n) is 4.66. The fourth-order valence-electron chi connectivity index (χ4n) is 1.85. The van der Waals surface area contributed by atoms with Gasteiger partial charge in [-0.3, -0.25) is 9.59 Å². The number of amides is 1. The van der Waals surface area contributed by atoms with Gasteiger partial charge in [-0.2, -0.15) is 13.2 Å². The molecule has 0 saturated heterocycles. The van der Waals surface area contributed by atoms with Crippen molar-refractivity contribution in [3.63, 3.8) is 0 Å². The maximum atomic E-state index is 12.6. The van der Waals surface area contributed by atoms with Gasteiger partial charge >= 0.3 is 6.18 Å². The molecule has 4 nitrogen and oxygen atoms in total. The number of hydrogen-bond acceptors (Lipinski definition) is 3. The number of aromatic nitrogens is 1. The molecule has 2 rings (SSSR count). The highest BCUT2D eigenvalue weighted by Crippen LogP contribution is 2.25. The second kappa shape index (κ2) is 6.35. The summed E-state index contributed by atoms with van der Waals surface area (Å²) in [4.78, 5) is 24.5. The van der Waals surface area contributed by atoms with Crippen LogP contribution in [0.5, 0.6) is 0 Å². The van der Waals surface area contributed by atoms with Gasteiger partial charge in [0.05, 0.1) is 6.54 Å². The van der Waals surface area contributed by atoms with Crippen LogP contribution in [0.4, 0.5) is 13.2 Å². The van der Waals surface area contributed by atoms with E-state index in [9.17, 15) is 22.8 Å². The first-order valence-electron chi connectivity index (χ1n) is 6.35. The minimum Gasteiger partial charge on any atom is -0.350 e. The molecule has 2 aromatic heterocycles. The maximum absolute atomic E-state index is 12.6. The fraction of sp³-hybridized carbons (Fsp3) is 0.286. The summed E-state index contributed by atoms with van der Waals surface area (Å²) in [6.45, 7) is 1.73. The molecule has 0 radical (unpaired) electrons. The lowest BCUT2D eigenvalue weighted by molar-refractivity contribution is -0.139. The molecule has 0 spiro atoms. The molecule has 0 aliphatic rings. The number of thiophene rings is 1. The molecule has 0 bridgehead atoms. The van der Waals surface area contributed by atoms with Crippen LogP contribution in [-0.4, -0.2) is 10.5 Å². The van der Waals surface area contributed by atoms with Crippen LogP contribution in [0.15, 0.2) is 34.6 Å². The maximum Gasteiger partial charge on any atom is 0.421 e. The third-order valence-corrected chi connectivity index (χ3v) is 4.08. The molecule has 1 amide bonds. The molecule has 8 heteroatoms. The Balaban J connectivity index is 2.06. The van der Waals surface area contributed by atoms with Gasteiger partial charge in [0.25, 0.3) is 5.56 Å². The number of rotatable bonds is 4. The SMILES string of the molecule is Cc1ccsc1CNC(=O)Cn1cccc(C(F)(F)F)c1=O. The van der Waals surface area contributed by atoms with Gasteiger partial charge in [-0.25, -0.2) is 0 Å². The van der Waals surface area contributed by atoms with Gasteiger partial charge in [0, 0.05) is 11.1 Å². The van der Waals surface area contributed by atoms with Crippen molar-refractivity contribution in [3.05, 3.63) is 56.1 Å². The number of carbonyl (C=O) groups is 1. The van der Waals surface area contributed by atoms with Gasteiger partial charge in [0.1, 0.15) is 12.1 Å². The van der Waals surface area contributed by atoms with Crippen LogP contribution in [0, 0.1) is 6.92 Å². The van der Waals surface area contributed by atoms with Gasteiger partial charge in [0.2, 0.25) is 5.91 Å². The van der Waals surface area contributed by atoms with E-state index < -0.39 is 29.8 Å². The van der Waals surface area contributed by atoms with Crippen molar-refractivity contribution in [1.82, 2.24) is 9.88 Å². The van der Waals surface area contributed by atoms with E-state index in [4.69, 9.17) is 0 Å². The third-order valence-electron chi connectivity index (χ3n) is 3.05. The first-order chi connectivity index (χ1) is 10.3. The molecule has 1 N–H and O–H groups in total. The van der Waals surface area contributed by atoms with Crippen LogP contribution in [0.1, 0.15) is 16.0 Å². The number of hydrogen-bond donors (Lipinski definition) is 1. The van der Waals surface area contributed by atoms with Gasteiger partial charge in [-0.15, -0.1) is 11.3 Å². The van der Waals surface area contributed by atoms with Gasteiger partial charge < -0.3 is 9.88 Å². The average molecular weight is 330 g/mol. The Labute approximate surface area is 128 Å². The van der Waals surface area contributed by atoms with Gasteiger partial charge in [0.15, 0.2) is 0 Å². The molecule has 0 atom stereocenters. The molecular formula is C14H13F3N2O2S. The third kappa shape index (κ3) is 3.76. The van der Waals surface area contributed by atoms with Crippen LogP contribution in [0.3, 0.4) is 0 Å². The highest BCUT2D eigenvalue weighted by atomic mass is 32.1. The molecule has 118 valence electrons. The lowest BCUT2D eigenvalue weighted by Gasteiger charge is -2.10. The number of carbonyl (C=O) groups excluding carboxylic acids is 1. The molecular weight excluding hydrogens is 317 g/mol. The van der Waals surface area contributed by atoms with Crippen molar-refractivity contribution >= 4 is 17.2 Å². The van der Waals surface area contributed by atoms with E-state index in [2.05, 4.69) is 5.32 Å². The number of nitrogens with one attached hydrogen (secondary N) is 1. The largest absolute Gasteiger partial charge is 0.421 e. The highest BCUT2D eigenvalue weighted by molar-refractivity contribution is 7.10. The van der Waals surface area contributed by atoms with E-state index >= 15 is 0 Å². The van der Waals surface area contributed by atoms with E-state index in [1.807, 2.05) is 18.4 Å². The first kappa shape index (κ1) is 16.3. The average Bonchev–Trinajstić information content (AvgIpc) is 2.83. The van der Waals surface area contributed by atoms with E-state index in [1.54, 1.807) is 0 Å². The second-order valence-corrected chi connectivity index (χ2v) is 5.66. The zero-order valence-electron chi connectivity index (χ0n) is 11.6. The van der Waals surface area contributed by atoms with Crippen molar-refractivity contribution in [3.8, 4) is 0 Å². The summed E-state index contributed by atoms with van der Waals surface area (Å²) in [5.74, 6) is -0.519. The number of pyridine rings is 1. The Hall–Kier alpha value is -2.09. The van der Waals surface area contributed by atoms with Crippen molar-refractivity contribution in [2.45, 2.75) is 26.2 Å². The Morgan fingerprint density at radius 2 is 2.09 bits per heavy atom. The summed E-state index contributed by atoms with van der Waals surface area (Å²) in [5.41, 5.74) is -1.48. The Kier molecular flexibility index (Phi) is 4.70. The minimum atomic E-state index is -4.73. The summed E-state index contributed by atoms with van der Waals surface area (Å²) < 4.78 is 38.6. The lowest BCUT2D eigenvalue weighted by atomic mass is 10.2. The van der Waals surface area contributed by atoms with Crippen molar-refractivity contribution < 1.29 is 18.0 Å². The molecule has 0 fully saturated rings. The highest BCUT2D eigenvalue weighted by Gasteiger charge is 2.34. The predicted octanol–water partition coefficient (Wildman–Crippen LogP) is 2.55. The molecule has 0 unspecified atom stereocenters. The Bertz CT molecular complexity index is 734. The molecule has 0 aromatic carbocycles. The van der Waals surface area contributed by atoms with E-state index in [0.29, 0.717) is 6.07 Å². The quantitative estimate of drug-likeness (QED) is 0.937. The molecule has 0 saturated carbocycles. The lowest BCUT2D eigenvalue weighted by Crippen LogP contribution is -2.34. The number of nitrogens with zero attached hydrogens (tertiary/aromatic N) is 1. The monoisotopic (exact) mass is 330 g/mol. The smallest absolute Gasteiger partial charge is 0.350 e. The predicted molar refractivity (Wildman–Crippen MR) is 76.6 cm³/mol. The number of alkyl halides is 3. The van der Waals surface area contributed by atoms with Crippen LogP contribution in [0.2, 0.25) is 0 Å². The Morgan fingerprint density at radius 3 is 2.68 bits per heavy atom. The molecule has 0 aliphatic heterocycles. The number of halogens is 3. The summed E-state index contributed by atoms with van der Waals surface area (Å²) in [5, 5.41) is 4.47. The van der Waals surface area contributed by atoms with E-state index in [0.717, 1.165) is 27.3 Å². The topological polar surface area (TPSA) is 51.1 Å². The van der Waals surface area contributed by atoms with E-state index in [-0.39, 0.29) is 6.54 Å². The zero-order chi connectivity index (χ0) is 16.3. The van der Waals surface area contributed by atoms with Crippen LogP contribution >= 0.6 is 11.3 Å². The molecule has 2 aromatic rings. The summed E-state index contributed by atoms with van der Waals surface area (Å²) in [6.07, 6.45) is -3.57. The number of aryl methyl sites for hydroxylation is 1. The summed E-state index contributed by atoms with van der Waals surface area (Å²) >= 11 is 1.47. The Morgan fingerprint density at radius 1 is 1.36 bits per heavy atom. The van der Waals surface area contributed by atoms with Crippen molar-refractivity contribution in [2.24, 2.45) is 0 Å². The van der Waals surface area contributed by atoms with Crippen LogP contribution < -0.4 is 10.9 Å². The van der Waals surface area contributed by atoms with Crippen molar-refractivity contribution in [2.75, 3.05) is 0 Å². The molecule has 2 heterocycles. The summed E-state index contributed by atoms with van der Waals surface area (Å²) in [7, 11) is 0.